The van der Waals surface area contributed by atoms with Crippen molar-refractivity contribution in [3.05, 3.63) is 36.5 Å². The minimum absolute atomic E-state index is 0.173. The Morgan fingerprint density at radius 1 is 1.29 bits per heavy atom. The molecule has 1 aliphatic rings. The van der Waals surface area contributed by atoms with Crippen LogP contribution in [0, 0.1) is 0 Å². The third-order valence-electron chi connectivity index (χ3n) is 3.81. The van der Waals surface area contributed by atoms with Gasteiger partial charge in [0.05, 0.1) is 12.7 Å². The standard InChI is InChI=1S/C16H15N3O2/c1-21-11-6-7-12(14(20)9-11)15-18-13-3-2-8-17-16(13)19(15)10-4-5-10/h2-3,6-10,20H,4-5H2,1H3. The number of methoxy groups -OCH3 is 1. The summed E-state index contributed by atoms with van der Waals surface area (Å²) in [5, 5.41) is 10.3. The van der Waals surface area contributed by atoms with Gasteiger partial charge >= 0.3 is 0 Å². The number of imidazole rings is 1. The molecule has 0 saturated heterocycles. The van der Waals surface area contributed by atoms with Crippen LogP contribution in [-0.2, 0) is 0 Å². The molecule has 2 heterocycles. The molecule has 0 aliphatic heterocycles. The van der Waals surface area contributed by atoms with E-state index in [9.17, 15) is 5.11 Å². The van der Waals surface area contributed by atoms with Crippen molar-refractivity contribution in [3.63, 3.8) is 0 Å². The Kier molecular flexibility index (Phi) is 2.60. The molecule has 1 aromatic carbocycles. The number of hydrogen-bond acceptors (Lipinski definition) is 4. The van der Waals surface area contributed by atoms with Crippen LogP contribution >= 0.6 is 0 Å². The number of phenolic OH excluding ortho intramolecular Hbond substituents is 1. The Hall–Kier alpha value is -2.56. The summed E-state index contributed by atoms with van der Waals surface area (Å²) in [6.45, 7) is 0. The van der Waals surface area contributed by atoms with E-state index in [0.717, 1.165) is 29.8 Å². The Morgan fingerprint density at radius 3 is 2.86 bits per heavy atom. The lowest BCUT2D eigenvalue weighted by Gasteiger charge is -2.09. The van der Waals surface area contributed by atoms with Crippen LogP contribution in [0.4, 0.5) is 0 Å². The molecular formula is C16H15N3O2. The van der Waals surface area contributed by atoms with Gasteiger partial charge in [0.2, 0.25) is 0 Å². The van der Waals surface area contributed by atoms with Gasteiger partial charge in [0.15, 0.2) is 5.65 Å². The van der Waals surface area contributed by atoms with E-state index < -0.39 is 0 Å². The average molecular weight is 281 g/mol. The Bertz CT molecular complexity index is 822. The zero-order chi connectivity index (χ0) is 14.4. The first-order valence-corrected chi connectivity index (χ1v) is 6.98. The molecule has 5 nitrogen and oxygen atoms in total. The summed E-state index contributed by atoms with van der Waals surface area (Å²) in [5.41, 5.74) is 2.44. The predicted octanol–water partition coefficient (Wildman–Crippen LogP) is 3.15. The summed E-state index contributed by atoms with van der Waals surface area (Å²) < 4.78 is 7.27. The summed E-state index contributed by atoms with van der Waals surface area (Å²) in [6, 6.07) is 9.55. The molecule has 1 N–H and O–H groups in total. The Morgan fingerprint density at radius 2 is 2.14 bits per heavy atom. The molecule has 0 bridgehead atoms. The zero-order valence-corrected chi connectivity index (χ0v) is 11.7. The second-order valence-corrected chi connectivity index (χ2v) is 5.27. The maximum absolute atomic E-state index is 10.3. The highest BCUT2D eigenvalue weighted by Crippen LogP contribution is 2.42. The second-order valence-electron chi connectivity index (χ2n) is 5.27. The fraction of sp³-hybridized carbons (Fsp3) is 0.250. The summed E-state index contributed by atoms with van der Waals surface area (Å²) in [6.07, 6.45) is 4.04. The molecule has 0 amide bonds. The van der Waals surface area contributed by atoms with Crippen molar-refractivity contribution in [2.45, 2.75) is 18.9 Å². The van der Waals surface area contributed by atoms with Crippen LogP contribution in [0.15, 0.2) is 36.5 Å². The summed E-state index contributed by atoms with van der Waals surface area (Å²) >= 11 is 0. The van der Waals surface area contributed by atoms with Crippen LogP contribution in [0.1, 0.15) is 18.9 Å². The number of ether oxygens (including phenoxy) is 1. The molecule has 0 spiro atoms. The summed E-state index contributed by atoms with van der Waals surface area (Å²) in [5.74, 6) is 1.57. The predicted molar refractivity (Wildman–Crippen MR) is 79.5 cm³/mol. The lowest BCUT2D eigenvalue weighted by molar-refractivity contribution is 0.408. The number of hydrogen-bond donors (Lipinski definition) is 1. The topological polar surface area (TPSA) is 60.2 Å². The molecule has 3 aromatic rings. The molecule has 1 saturated carbocycles. The molecule has 0 radical (unpaired) electrons. The van der Waals surface area contributed by atoms with Crippen LogP contribution in [0.25, 0.3) is 22.6 Å². The monoisotopic (exact) mass is 281 g/mol. The van der Waals surface area contributed by atoms with Crippen LogP contribution in [0.5, 0.6) is 11.5 Å². The molecule has 0 unspecified atom stereocenters. The van der Waals surface area contributed by atoms with Gasteiger partial charge < -0.3 is 14.4 Å². The van der Waals surface area contributed by atoms with Gasteiger partial charge in [-0.3, -0.25) is 0 Å². The first-order chi connectivity index (χ1) is 10.3. The van der Waals surface area contributed by atoms with Crippen LogP contribution in [0.2, 0.25) is 0 Å². The van der Waals surface area contributed by atoms with Gasteiger partial charge in [0, 0.05) is 18.3 Å². The molecule has 21 heavy (non-hydrogen) atoms. The number of pyridine rings is 1. The van der Waals surface area contributed by atoms with Gasteiger partial charge in [0.25, 0.3) is 0 Å². The van der Waals surface area contributed by atoms with E-state index in [-0.39, 0.29) is 5.75 Å². The van der Waals surface area contributed by atoms with Crippen LogP contribution in [-0.4, -0.2) is 26.8 Å². The maximum atomic E-state index is 10.3. The normalized spacial score (nSPS) is 14.5. The van der Waals surface area contributed by atoms with E-state index in [1.54, 1.807) is 19.4 Å². The highest BCUT2D eigenvalue weighted by atomic mass is 16.5. The van der Waals surface area contributed by atoms with Crippen LogP contribution < -0.4 is 4.74 Å². The van der Waals surface area contributed by atoms with Gasteiger partial charge in [-0.15, -0.1) is 0 Å². The lowest BCUT2D eigenvalue weighted by Crippen LogP contribution is -1.98. The van der Waals surface area contributed by atoms with Gasteiger partial charge in [0.1, 0.15) is 22.8 Å². The summed E-state index contributed by atoms with van der Waals surface area (Å²) in [7, 11) is 1.58. The number of nitrogens with zero attached hydrogens (tertiary/aromatic N) is 3. The van der Waals surface area contributed by atoms with Crippen molar-refractivity contribution in [2.75, 3.05) is 7.11 Å². The molecular weight excluding hydrogens is 266 g/mol. The second kappa shape index (κ2) is 4.48. The minimum Gasteiger partial charge on any atom is -0.507 e. The van der Waals surface area contributed by atoms with Crippen molar-refractivity contribution in [3.8, 4) is 22.9 Å². The number of phenols is 1. The van der Waals surface area contributed by atoms with E-state index in [0.29, 0.717) is 17.4 Å². The fourth-order valence-electron chi connectivity index (χ4n) is 2.63. The molecule has 4 rings (SSSR count). The first kappa shape index (κ1) is 12.2. The first-order valence-electron chi connectivity index (χ1n) is 6.98. The molecule has 5 heteroatoms. The van der Waals surface area contributed by atoms with E-state index in [1.165, 1.54) is 0 Å². The highest BCUT2D eigenvalue weighted by molar-refractivity contribution is 5.79. The molecule has 2 aromatic heterocycles. The maximum Gasteiger partial charge on any atom is 0.160 e. The molecule has 1 aliphatic carbocycles. The number of rotatable bonds is 3. The van der Waals surface area contributed by atoms with Gasteiger partial charge in [-0.1, -0.05) is 0 Å². The number of benzene rings is 1. The third-order valence-corrected chi connectivity index (χ3v) is 3.81. The van der Waals surface area contributed by atoms with E-state index >= 15 is 0 Å². The van der Waals surface area contributed by atoms with Crippen molar-refractivity contribution in [2.24, 2.45) is 0 Å². The van der Waals surface area contributed by atoms with Gasteiger partial charge in [-0.2, -0.15) is 0 Å². The smallest absolute Gasteiger partial charge is 0.160 e. The highest BCUT2D eigenvalue weighted by Gasteiger charge is 2.30. The Labute approximate surface area is 121 Å². The fourth-order valence-corrected chi connectivity index (χ4v) is 2.63. The number of aromatic hydroxyl groups is 1. The number of aromatic nitrogens is 3. The Balaban J connectivity index is 1.95. The van der Waals surface area contributed by atoms with Gasteiger partial charge in [-0.25, -0.2) is 9.97 Å². The van der Waals surface area contributed by atoms with Crippen molar-refractivity contribution >= 4 is 11.2 Å². The average Bonchev–Trinajstić information content (AvgIpc) is 3.27. The van der Waals surface area contributed by atoms with Crippen molar-refractivity contribution in [1.29, 1.82) is 0 Å². The summed E-state index contributed by atoms with van der Waals surface area (Å²) in [4.78, 5) is 9.11. The van der Waals surface area contributed by atoms with E-state index in [4.69, 9.17) is 4.74 Å². The molecule has 0 atom stereocenters. The van der Waals surface area contributed by atoms with Gasteiger partial charge in [-0.05, 0) is 37.1 Å². The number of fused-ring (bicyclic) bond motifs is 1. The minimum atomic E-state index is 0.173. The third kappa shape index (κ3) is 1.93. The van der Waals surface area contributed by atoms with Crippen molar-refractivity contribution in [1.82, 2.24) is 14.5 Å². The molecule has 106 valence electrons. The van der Waals surface area contributed by atoms with E-state index in [1.807, 2.05) is 24.3 Å². The van der Waals surface area contributed by atoms with Crippen LogP contribution in [0.3, 0.4) is 0 Å². The molecule has 1 fully saturated rings. The zero-order valence-electron chi connectivity index (χ0n) is 11.7. The van der Waals surface area contributed by atoms with E-state index in [2.05, 4.69) is 14.5 Å². The lowest BCUT2D eigenvalue weighted by atomic mass is 10.1. The van der Waals surface area contributed by atoms with Crippen molar-refractivity contribution < 1.29 is 9.84 Å². The SMILES string of the molecule is COc1ccc(-c2nc3cccnc3n2C2CC2)c(O)c1. The quantitative estimate of drug-likeness (QED) is 0.801. The largest absolute Gasteiger partial charge is 0.507 e.